The van der Waals surface area contributed by atoms with Crippen LogP contribution in [0, 0.1) is 0 Å². The van der Waals surface area contributed by atoms with Crippen molar-refractivity contribution in [2.45, 2.75) is 49.8 Å². The van der Waals surface area contributed by atoms with Crippen molar-refractivity contribution in [1.82, 2.24) is 20.6 Å². The number of amides is 1. The van der Waals surface area contributed by atoms with Crippen molar-refractivity contribution in [2.75, 3.05) is 33.0 Å². The first-order chi connectivity index (χ1) is 21.9. The van der Waals surface area contributed by atoms with Crippen LogP contribution in [0.4, 0.5) is 0 Å². The third-order valence-electron chi connectivity index (χ3n) is 8.17. The average molecular weight is 637 g/mol. The summed E-state index contributed by atoms with van der Waals surface area (Å²) in [6.45, 7) is 1.36. The number of benzene rings is 3. The molecule has 2 aliphatic rings. The minimum absolute atomic E-state index is 0.182. The molecule has 0 saturated carbocycles. The van der Waals surface area contributed by atoms with Gasteiger partial charge in [-0.15, -0.1) is 0 Å². The molecule has 1 aromatic heterocycles. The van der Waals surface area contributed by atoms with Gasteiger partial charge in [0, 0.05) is 18.5 Å². The number of nitrogens with one attached hydrogen (secondary N) is 3. The molecule has 238 valence electrons. The number of nitrogens with zero attached hydrogens (tertiary/aromatic N) is 1. The number of hydrogen-bond donors (Lipinski definition) is 6. The molecule has 4 aromatic rings. The van der Waals surface area contributed by atoms with Crippen molar-refractivity contribution in [3.63, 3.8) is 0 Å². The van der Waals surface area contributed by atoms with Crippen LogP contribution in [-0.2, 0) is 20.8 Å². The van der Waals surface area contributed by atoms with E-state index in [1.165, 1.54) is 0 Å². The molecule has 2 aliphatic heterocycles. The molecule has 2 fully saturated rings. The van der Waals surface area contributed by atoms with Gasteiger partial charge in [0.2, 0.25) is 5.91 Å². The second-order valence-corrected chi connectivity index (χ2v) is 11.8. The number of halogens is 1. The number of H-pyrrole nitrogens is 1. The van der Waals surface area contributed by atoms with Crippen molar-refractivity contribution >= 4 is 28.5 Å². The Kier molecular flexibility index (Phi) is 9.96. The molecule has 6 rings (SSSR count). The highest BCUT2D eigenvalue weighted by Gasteiger charge is 2.48. The maximum Gasteiger partial charge on any atom is 0.295 e. The topological polar surface area (TPSA) is 158 Å². The number of carbonyl (C=O) groups is 1. The van der Waals surface area contributed by atoms with E-state index >= 15 is 0 Å². The lowest BCUT2D eigenvalue weighted by Gasteiger charge is -2.15. The van der Waals surface area contributed by atoms with E-state index in [1.54, 1.807) is 0 Å². The Morgan fingerprint density at radius 3 is 2.42 bits per heavy atom. The third-order valence-corrected chi connectivity index (χ3v) is 8.48. The number of aliphatic hydroxyl groups is 3. The van der Waals surface area contributed by atoms with E-state index in [2.05, 4.69) is 57.0 Å². The van der Waals surface area contributed by atoms with Crippen molar-refractivity contribution in [3.8, 4) is 28.3 Å². The SMILES string of the molecule is O=C(CCCNCc1ccc(-c2ccc(-c3cc4nc(O[C@@H]5CO[C@H]6[C@@H]5OC[C@H]6O)[nH]c4cc3Cl)cc2)cc1)NC(CO)CO. The summed E-state index contributed by atoms with van der Waals surface area (Å²) in [5.41, 5.74) is 6.62. The van der Waals surface area contributed by atoms with Crippen molar-refractivity contribution in [2.24, 2.45) is 0 Å². The first-order valence-electron chi connectivity index (χ1n) is 15.1. The van der Waals surface area contributed by atoms with E-state index in [1.807, 2.05) is 24.3 Å². The predicted octanol–water partition coefficient (Wildman–Crippen LogP) is 2.80. The van der Waals surface area contributed by atoms with Gasteiger partial charge in [-0.1, -0.05) is 60.1 Å². The van der Waals surface area contributed by atoms with Gasteiger partial charge in [-0.2, -0.15) is 4.98 Å². The smallest absolute Gasteiger partial charge is 0.295 e. The molecule has 0 aliphatic carbocycles. The molecule has 2 saturated heterocycles. The first-order valence-corrected chi connectivity index (χ1v) is 15.5. The Bertz CT molecular complexity index is 1590. The van der Waals surface area contributed by atoms with Crippen LogP contribution >= 0.6 is 11.6 Å². The summed E-state index contributed by atoms with van der Waals surface area (Å²) in [5, 5.41) is 34.6. The van der Waals surface area contributed by atoms with Crippen LogP contribution in [0.2, 0.25) is 5.02 Å². The summed E-state index contributed by atoms with van der Waals surface area (Å²) in [6, 6.07) is 20.1. The summed E-state index contributed by atoms with van der Waals surface area (Å²) in [4.78, 5) is 19.6. The van der Waals surface area contributed by atoms with Crippen molar-refractivity contribution < 1.29 is 34.3 Å². The van der Waals surface area contributed by atoms with Crippen LogP contribution in [0.3, 0.4) is 0 Å². The fourth-order valence-corrected chi connectivity index (χ4v) is 5.96. The van der Waals surface area contributed by atoms with E-state index in [0.717, 1.165) is 38.9 Å². The third kappa shape index (κ3) is 7.31. The lowest BCUT2D eigenvalue weighted by atomic mass is 9.99. The number of hydrogen-bond acceptors (Lipinski definition) is 9. The zero-order valence-corrected chi connectivity index (χ0v) is 25.4. The van der Waals surface area contributed by atoms with Gasteiger partial charge in [-0.25, -0.2) is 0 Å². The Hall–Kier alpha value is -3.55. The van der Waals surface area contributed by atoms with Gasteiger partial charge >= 0.3 is 0 Å². The number of aromatic amines is 1. The summed E-state index contributed by atoms with van der Waals surface area (Å²) >= 11 is 6.69. The highest BCUT2D eigenvalue weighted by molar-refractivity contribution is 6.34. The second-order valence-electron chi connectivity index (χ2n) is 11.4. The van der Waals surface area contributed by atoms with Crippen molar-refractivity contribution in [3.05, 3.63) is 71.2 Å². The molecule has 6 N–H and O–H groups in total. The lowest BCUT2D eigenvalue weighted by molar-refractivity contribution is -0.122. The fraction of sp³-hybridized carbons (Fsp3) is 0.394. The number of aliphatic hydroxyl groups excluding tert-OH is 3. The van der Waals surface area contributed by atoms with E-state index in [0.29, 0.717) is 43.6 Å². The molecule has 0 bridgehead atoms. The van der Waals surface area contributed by atoms with Crippen LogP contribution in [0.1, 0.15) is 18.4 Å². The number of carbonyl (C=O) groups excluding carboxylic acids is 1. The molecular formula is C33H37ClN4O7. The van der Waals surface area contributed by atoms with E-state index < -0.39 is 12.1 Å². The average Bonchev–Trinajstić information content (AvgIpc) is 3.75. The largest absolute Gasteiger partial charge is 0.456 e. The molecule has 0 unspecified atom stereocenters. The molecule has 12 heteroatoms. The molecule has 3 heterocycles. The number of imidazole rings is 1. The zero-order valence-electron chi connectivity index (χ0n) is 24.6. The van der Waals surface area contributed by atoms with Gasteiger partial charge in [-0.05, 0) is 47.4 Å². The molecule has 0 radical (unpaired) electrons. The minimum atomic E-state index is -0.639. The van der Waals surface area contributed by atoms with E-state index in [-0.39, 0.29) is 44.0 Å². The van der Waals surface area contributed by atoms with Crippen LogP contribution < -0.4 is 15.4 Å². The molecular weight excluding hydrogens is 600 g/mol. The van der Waals surface area contributed by atoms with Gasteiger partial charge in [0.15, 0.2) is 6.10 Å². The number of ether oxygens (including phenoxy) is 3. The molecule has 3 aromatic carbocycles. The maximum absolute atomic E-state index is 11.8. The summed E-state index contributed by atoms with van der Waals surface area (Å²) < 4.78 is 17.3. The van der Waals surface area contributed by atoms with E-state index in [9.17, 15) is 9.90 Å². The van der Waals surface area contributed by atoms with Gasteiger partial charge in [0.1, 0.15) is 18.3 Å². The second kappa shape index (κ2) is 14.3. The standard InChI is InChI=1S/C33H37ClN4O7/c34-25-13-27-26(37-33(38-27)45-29-18-44-31-28(41)17-43-32(29)31)12-24(25)22-9-7-21(8-10-22)20-5-3-19(4-6-20)14-35-11-1-2-30(42)36-23(15-39)16-40/h3-10,12-13,23,28-29,31-32,35,39-41H,1-2,11,14-18H2,(H,36,42)(H,37,38)/t28-,29-,31-,32-/m1/s1. The van der Waals surface area contributed by atoms with Crippen molar-refractivity contribution in [1.29, 1.82) is 0 Å². The monoisotopic (exact) mass is 636 g/mol. The van der Waals surface area contributed by atoms with E-state index in [4.69, 9.17) is 36.0 Å². The summed E-state index contributed by atoms with van der Waals surface area (Å²) in [7, 11) is 0. The number of aromatic nitrogens is 2. The van der Waals surface area contributed by atoms with Gasteiger partial charge in [-0.3, -0.25) is 4.79 Å². The van der Waals surface area contributed by atoms with Gasteiger partial charge in [0.25, 0.3) is 6.01 Å². The molecule has 0 spiro atoms. The molecule has 4 atom stereocenters. The van der Waals surface area contributed by atoms with Crippen LogP contribution in [-0.4, -0.2) is 94.6 Å². The van der Waals surface area contributed by atoms with Crippen LogP contribution in [0.15, 0.2) is 60.7 Å². The van der Waals surface area contributed by atoms with Crippen LogP contribution in [0.5, 0.6) is 6.01 Å². The fourth-order valence-electron chi connectivity index (χ4n) is 5.69. The minimum Gasteiger partial charge on any atom is -0.456 e. The summed E-state index contributed by atoms with van der Waals surface area (Å²) in [5.74, 6) is -0.182. The van der Waals surface area contributed by atoms with Gasteiger partial charge in [0.05, 0.1) is 48.5 Å². The Morgan fingerprint density at radius 2 is 1.69 bits per heavy atom. The molecule has 11 nitrogen and oxygen atoms in total. The normalized spacial score (nSPS) is 21.0. The molecule has 1 amide bonds. The first kappa shape index (κ1) is 31.4. The highest BCUT2D eigenvalue weighted by Crippen LogP contribution is 2.35. The van der Waals surface area contributed by atoms with Gasteiger partial charge < -0.3 is 45.1 Å². The van der Waals surface area contributed by atoms with Crippen LogP contribution in [0.25, 0.3) is 33.3 Å². The lowest BCUT2D eigenvalue weighted by Crippen LogP contribution is -2.40. The highest BCUT2D eigenvalue weighted by atomic mass is 35.5. The predicted molar refractivity (Wildman–Crippen MR) is 169 cm³/mol. The Balaban J connectivity index is 1.03. The maximum atomic E-state index is 11.8. The zero-order chi connectivity index (χ0) is 31.3. The molecule has 45 heavy (non-hydrogen) atoms. The Labute approximate surface area is 265 Å². The number of rotatable bonds is 13. The number of fused-ring (bicyclic) bond motifs is 2. The Morgan fingerprint density at radius 1 is 1.00 bits per heavy atom. The quantitative estimate of drug-likeness (QED) is 0.121. The summed E-state index contributed by atoms with van der Waals surface area (Å²) in [6.07, 6.45) is -0.708.